The van der Waals surface area contributed by atoms with E-state index in [0.29, 0.717) is 0 Å². The van der Waals surface area contributed by atoms with Gasteiger partial charge in [-0.3, -0.25) is 46.6 Å². The van der Waals surface area contributed by atoms with Gasteiger partial charge in [-0.15, -0.1) is 0 Å². The molecule has 8 aromatic rings. The molecule has 2 unspecified atom stereocenters. The van der Waals surface area contributed by atoms with Crippen molar-refractivity contribution in [2.75, 3.05) is 53.0 Å². The van der Waals surface area contributed by atoms with Crippen LogP contribution in [0.1, 0.15) is 175 Å². The lowest BCUT2D eigenvalue weighted by Gasteiger charge is -2.30. The molecule has 0 fully saturated rings. The summed E-state index contributed by atoms with van der Waals surface area (Å²) in [5.41, 5.74) is 2.33. The highest BCUT2D eigenvalue weighted by Gasteiger charge is 2.50. The molecule has 0 aliphatic heterocycles. The maximum absolute atomic E-state index is 14.2. The smallest absolute Gasteiger partial charge is 0.401 e. The molecule has 0 amide bonds. The molecule has 26 nitrogen and oxygen atoms in total. The van der Waals surface area contributed by atoms with E-state index in [9.17, 15) is 46.6 Å². The lowest BCUT2D eigenvalue weighted by atomic mass is 9.97. The van der Waals surface area contributed by atoms with Crippen LogP contribution in [0.2, 0.25) is 0 Å². The summed E-state index contributed by atoms with van der Waals surface area (Å²) in [6.07, 6.45) is 2.05. The van der Waals surface area contributed by atoms with Crippen molar-refractivity contribution < 1.29 is 109 Å². The summed E-state index contributed by atoms with van der Waals surface area (Å²) < 4.78 is 194. The van der Waals surface area contributed by atoms with E-state index in [1.807, 2.05) is 133 Å². The van der Waals surface area contributed by atoms with Gasteiger partial charge in [0, 0.05) is 19.4 Å². The van der Waals surface area contributed by atoms with Crippen molar-refractivity contribution in [3.63, 3.8) is 0 Å². The first kappa shape index (κ1) is 103. The van der Waals surface area contributed by atoms with Gasteiger partial charge in [0.15, 0.2) is 10.1 Å². The van der Waals surface area contributed by atoms with E-state index in [0.717, 1.165) is 71.9 Å². The Labute approximate surface area is 697 Å². The van der Waals surface area contributed by atoms with E-state index in [1.165, 1.54) is 19.4 Å². The lowest BCUT2D eigenvalue weighted by Crippen LogP contribution is -2.14. The first-order valence-corrected chi connectivity index (χ1v) is 52.8. The molecule has 652 valence electrons. The van der Waals surface area contributed by atoms with Gasteiger partial charge >= 0.3 is 51.5 Å². The average Bonchev–Trinajstić information content (AvgIpc) is 1.04. The van der Waals surface area contributed by atoms with Gasteiger partial charge in [0.1, 0.15) is 20.8 Å². The molecular weight excluding hydrogens is 1670 g/mol. The second-order valence-corrected chi connectivity index (χ2v) is 46.6. The van der Waals surface area contributed by atoms with Gasteiger partial charge in [0.25, 0.3) is 0 Å². The van der Waals surface area contributed by atoms with E-state index in [-0.39, 0.29) is 65.6 Å². The highest BCUT2D eigenvalue weighted by atomic mass is 31.3. The minimum Gasteiger partial charge on any atom is -0.401 e. The summed E-state index contributed by atoms with van der Waals surface area (Å²) >= 11 is 0. The lowest BCUT2D eigenvalue weighted by molar-refractivity contribution is -0.402. The van der Waals surface area contributed by atoms with Crippen LogP contribution in [-0.2, 0) is 99.9 Å². The van der Waals surface area contributed by atoms with Crippen molar-refractivity contribution in [1.29, 1.82) is 0 Å². The van der Waals surface area contributed by atoms with Crippen LogP contribution in [0, 0.1) is 10.1 Å². The SMILES string of the molecule is CC(C)OP(=O)(OC(C)C)C(=Cc1ccc([N+](=O)[O-])o1)P(=O)(OC(C)C)OC(C)C.CC(C)OP(=O)(OC(C)C)C(=Cc1cccc2ccccc12)P(=O)(OC(C)C)OC(C)C.CCOP(C)(=O)/C(=C\c1c2ccccc2cc2ccccc12)P(=O)(OCC)OCC.CCOP(C)(=O)/C(=C\c1cccc2ccccc12)P(=O)(OCC)OCC. The fraction of sp³-hybridized carbons (Fsp3) is 0.452. The molecule has 118 heavy (non-hydrogen) atoms. The largest absolute Gasteiger partial charge is 0.433 e. The van der Waals surface area contributed by atoms with E-state index in [1.54, 1.807) is 171 Å². The van der Waals surface area contributed by atoms with Gasteiger partial charge in [-0.2, -0.15) is 0 Å². The van der Waals surface area contributed by atoms with Crippen LogP contribution >= 0.6 is 60.3 Å². The molecule has 34 heteroatoms. The van der Waals surface area contributed by atoms with Crippen molar-refractivity contribution in [3.05, 3.63) is 204 Å². The van der Waals surface area contributed by atoms with E-state index >= 15 is 0 Å². The molecule has 8 rings (SSSR count). The summed E-state index contributed by atoms with van der Waals surface area (Å²) in [6.45, 7) is 41.7. The van der Waals surface area contributed by atoms with Crippen LogP contribution in [0.15, 0.2) is 176 Å². The number of nitro groups is 1. The summed E-state index contributed by atoms with van der Waals surface area (Å²) in [6, 6.07) is 47.6. The highest BCUT2D eigenvalue weighted by molar-refractivity contribution is 7.82. The molecule has 0 saturated heterocycles. The zero-order valence-electron chi connectivity index (χ0n) is 72.3. The van der Waals surface area contributed by atoms with Crippen molar-refractivity contribution in [2.45, 2.75) is 201 Å². The topological polar surface area (TPSA) is 322 Å². The number of fused-ring (bicyclic) bond motifs is 4. The number of nitrogens with zero attached hydrogens (tertiary/aromatic N) is 1. The molecule has 1 heterocycles. The molecule has 1 aromatic heterocycles. The second-order valence-electron chi connectivity index (χ2n) is 28.7. The fourth-order valence-electron chi connectivity index (χ4n) is 11.9. The van der Waals surface area contributed by atoms with Gasteiger partial charge < -0.3 is 67.7 Å². The van der Waals surface area contributed by atoms with Crippen LogP contribution in [0.4, 0.5) is 5.88 Å². The van der Waals surface area contributed by atoms with Crippen LogP contribution in [0.5, 0.6) is 0 Å². The highest BCUT2D eigenvalue weighted by Crippen LogP contribution is 2.78. The Morgan fingerprint density at radius 2 is 0.585 bits per heavy atom. The summed E-state index contributed by atoms with van der Waals surface area (Å²) in [4.78, 5) is 10.2. The Morgan fingerprint density at radius 3 is 0.873 bits per heavy atom. The van der Waals surface area contributed by atoms with Crippen LogP contribution in [0.3, 0.4) is 0 Å². The predicted molar refractivity (Wildman–Crippen MR) is 479 cm³/mol. The monoisotopic (exact) mass is 1790 g/mol. The molecule has 7 aromatic carbocycles. The minimum atomic E-state index is -4.24. The molecule has 0 aliphatic carbocycles. The normalized spacial score (nSPS) is 13.9. The molecule has 0 spiro atoms. The van der Waals surface area contributed by atoms with Crippen molar-refractivity contribution in [3.8, 4) is 0 Å². The summed E-state index contributed by atoms with van der Waals surface area (Å²) in [5.74, 6) is -0.606. The number of hydrogen-bond donors (Lipinski definition) is 0. The Kier molecular flexibility index (Phi) is 40.9. The molecular formula is C84H121NO25P8. The van der Waals surface area contributed by atoms with Crippen molar-refractivity contribution in [2.24, 2.45) is 0 Å². The fourth-order valence-corrected chi connectivity index (χ4v) is 31.3. The maximum Gasteiger partial charge on any atom is 0.433 e. The Bertz CT molecular complexity index is 4960. The van der Waals surface area contributed by atoms with Gasteiger partial charge in [-0.1, -0.05) is 133 Å². The third-order valence-corrected chi connectivity index (χ3v) is 37.8. The Morgan fingerprint density at radius 1 is 0.322 bits per heavy atom. The van der Waals surface area contributed by atoms with Crippen LogP contribution in [-0.4, -0.2) is 107 Å². The van der Waals surface area contributed by atoms with Crippen molar-refractivity contribution in [1.82, 2.24) is 0 Å². The van der Waals surface area contributed by atoms with Gasteiger partial charge in [0.2, 0.25) is 14.7 Å². The Balaban J connectivity index is 0.000000281. The zero-order valence-corrected chi connectivity index (χ0v) is 79.5. The average molecular weight is 1790 g/mol. The van der Waals surface area contributed by atoms with Crippen LogP contribution in [0.25, 0.3) is 67.4 Å². The third-order valence-electron chi connectivity index (χ3n) is 15.6. The number of hydrogen-bond acceptors (Lipinski definition) is 25. The molecule has 0 radical (unpaired) electrons. The first-order valence-electron chi connectivity index (χ1n) is 39.4. The maximum atomic E-state index is 14.2. The van der Waals surface area contributed by atoms with Gasteiger partial charge in [-0.25, -0.2) is 0 Å². The van der Waals surface area contributed by atoms with Gasteiger partial charge in [-0.05, 0) is 242 Å². The Hall–Kier alpha value is -5.50. The van der Waals surface area contributed by atoms with Gasteiger partial charge in [0.05, 0.1) is 94.5 Å². The molecule has 0 bridgehead atoms. The quantitative estimate of drug-likeness (QED) is 0.0149. The molecule has 0 aliphatic rings. The standard InChI is InChI=1S/C24H36O6P2.C23H28O5P2.C19H26O5P2.C18H31NO9P2/c1-17(2)27-31(25,28-18(3)4)24(32(26,29-19(5)6)30-20(7)8)16-22-14-11-13-21-12-9-10-15-23(21)22;1-5-26-29(4,24)23(30(25,27-6-2)28-7-3)17-22-20-14-10-8-12-18(20)16-19-13-9-11-15-21(19)22;1-5-22-25(4,20)19(26(21,23-6-2)24-7-3)15-17-13-10-12-16-11-8-9-14-18(16)17;1-12(2)25-29(22,26-13(3)4)18(11-16-9-10-17(24-16)19(20)21)30(23,27-14(5)6)28-15(7)8/h9-20H,1-8H3;8-17H,5-7H2,1-4H3;8-15H,5-7H2,1-4H3;9-15H,1-8H3/b;23-17+;19-15+;. The van der Waals surface area contributed by atoms with E-state index in [2.05, 4.69) is 6.07 Å². The zero-order chi connectivity index (χ0) is 88.4. The number of rotatable bonds is 41. The van der Waals surface area contributed by atoms with Crippen molar-refractivity contribution >= 4 is 134 Å². The van der Waals surface area contributed by atoms with Crippen LogP contribution < -0.4 is 0 Å². The number of furan rings is 1. The predicted octanol–water partition coefficient (Wildman–Crippen LogP) is 28.6. The molecule has 2 atom stereocenters. The second kappa shape index (κ2) is 46.8. The van der Waals surface area contributed by atoms with E-state index in [4.69, 9.17) is 67.7 Å². The molecule has 0 N–H and O–H groups in total. The van der Waals surface area contributed by atoms with E-state index < -0.39 is 120 Å². The first-order chi connectivity index (χ1) is 55.3. The number of benzene rings is 7. The third kappa shape index (κ3) is 29.6. The molecule has 0 saturated carbocycles. The summed E-state index contributed by atoms with van der Waals surface area (Å²) in [5, 5.41) is 18.6. The minimum absolute atomic E-state index is 0.0726. The summed E-state index contributed by atoms with van der Waals surface area (Å²) in [7, 11) is -31.0.